The second-order valence-corrected chi connectivity index (χ2v) is 5.97. The van der Waals surface area contributed by atoms with E-state index < -0.39 is 0 Å². The van der Waals surface area contributed by atoms with Gasteiger partial charge in [-0.05, 0) is 35.7 Å². The van der Waals surface area contributed by atoms with Crippen molar-refractivity contribution in [2.45, 2.75) is 18.7 Å². The van der Waals surface area contributed by atoms with Gasteiger partial charge in [-0.15, -0.1) is 0 Å². The van der Waals surface area contributed by atoms with E-state index in [2.05, 4.69) is 19.1 Å². The number of aryl methyl sites for hydroxylation is 1. The number of thioether (sulfide) groups is 1. The van der Waals surface area contributed by atoms with Gasteiger partial charge in [0.1, 0.15) is 0 Å². The Labute approximate surface area is 129 Å². The lowest BCUT2D eigenvalue weighted by Crippen LogP contribution is -2.13. The van der Waals surface area contributed by atoms with Gasteiger partial charge < -0.3 is 10.5 Å². The number of hydrogen-bond acceptors (Lipinski definition) is 3. The molecule has 1 unspecified atom stereocenters. The molecule has 2 nitrogen and oxygen atoms in total. The van der Waals surface area contributed by atoms with E-state index in [1.54, 1.807) is 17.8 Å². The molecule has 0 bridgehead atoms. The topological polar surface area (TPSA) is 35.2 Å². The van der Waals surface area contributed by atoms with E-state index in [4.69, 9.17) is 10.5 Å². The van der Waals surface area contributed by atoms with Gasteiger partial charge in [0.2, 0.25) is 0 Å². The summed E-state index contributed by atoms with van der Waals surface area (Å²) in [5.41, 5.74) is 9.53. The van der Waals surface area contributed by atoms with Gasteiger partial charge in [-0.3, -0.25) is 0 Å². The first-order valence-corrected chi connectivity index (χ1v) is 7.98. The zero-order valence-electron chi connectivity index (χ0n) is 12.3. The van der Waals surface area contributed by atoms with Gasteiger partial charge in [0.15, 0.2) is 11.6 Å². The highest BCUT2D eigenvalue weighted by Gasteiger charge is 2.10. The van der Waals surface area contributed by atoms with Crippen molar-refractivity contribution in [1.82, 2.24) is 0 Å². The molecule has 21 heavy (non-hydrogen) atoms. The molecule has 0 aliphatic carbocycles. The predicted octanol–water partition coefficient (Wildman–Crippen LogP) is 4.08. The lowest BCUT2D eigenvalue weighted by atomic mass is 10.1. The third-order valence-electron chi connectivity index (χ3n) is 3.42. The number of methoxy groups -OCH3 is 1. The van der Waals surface area contributed by atoms with Crippen molar-refractivity contribution in [3.63, 3.8) is 0 Å². The smallest absolute Gasteiger partial charge is 0.165 e. The Kier molecular flexibility index (Phi) is 5.65. The van der Waals surface area contributed by atoms with Crippen molar-refractivity contribution in [3.8, 4) is 5.75 Å². The summed E-state index contributed by atoms with van der Waals surface area (Å²) in [6.45, 7) is 2.11. The second kappa shape index (κ2) is 7.48. The zero-order chi connectivity index (χ0) is 15.2. The summed E-state index contributed by atoms with van der Waals surface area (Å²) in [7, 11) is 1.45. The summed E-state index contributed by atoms with van der Waals surface area (Å²) in [6.07, 6.45) is 0. The summed E-state index contributed by atoms with van der Waals surface area (Å²) in [6, 6.07) is 13.0. The lowest BCUT2D eigenvalue weighted by Gasteiger charge is -2.13. The van der Waals surface area contributed by atoms with Crippen LogP contribution in [0.4, 0.5) is 4.39 Å². The number of halogens is 1. The van der Waals surface area contributed by atoms with Gasteiger partial charge in [0.05, 0.1) is 7.11 Å². The van der Waals surface area contributed by atoms with E-state index in [0.717, 1.165) is 17.1 Å². The van der Waals surface area contributed by atoms with Crippen molar-refractivity contribution in [2.24, 2.45) is 5.73 Å². The molecule has 0 amide bonds. The van der Waals surface area contributed by atoms with Crippen molar-refractivity contribution < 1.29 is 9.13 Å². The molecule has 0 heterocycles. The summed E-state index contributed by atoms with van der Waals surface area (Å²) < 4.78 is 18.6. The number of nitrogens with two attached hydrogens (primary N) is 1. The van der Waals surface area contributed by atoms with Crippen LogP contribution in [0.25, 0.3) is 0 Å². The molecule has 0 spiro atoms. The summed E-state index contributed by atoms with van der Waals surface area (Å²) >= 11 is 1.76. The van der Waals surface area contributed by atoms with Crippen LogP contribution in [0, 0.1) is 12.7 Å². The molecule has 112 valence electrons. The number of benzene rings is 2. The fourth-order valence-electron chi connectivity index (χ4n) is 2.08. The van der Waals surface area contributed by atoms with E-state index >= 15 is 0 Å². The van der Waals surface area contributed by atoms with Gasteiger partial charge in [0, 0.05) is 17.5 Å². The largest absolute Gasteiger partial charge is 0.494 e. The second-order valence-electron chi connectivity index (χ2n) is 4.94. The first-order chi connectivity index (χ1) is 10.1. The zero-order valence-corrected chi connectivity index (χ0v) is 13.1. The molecule has 0 saturated heterocycles. The highest BCUT2D eigenvalue weighted by Crippen LogP contribution is 2.24. The van der Waals surface area contributed by atoms with E-state index in [0.29, 0.717) is 0 Å². The molecule has 2 N–H and O–H groups in total. The Morgan fingerprint density at radius 3 is 2.67 bits per heavy atom. The molecule has 0 saturated carbocycles. The lowest BCUT2D eigenvalue weighted by molar-refractivity contribution is 0.386. The average Bonchev–Trinajstić information content (AvgIpc) is 2.49. The van der Waals surface area contributed by atoms with Crippen LogP contribution < -0.4 is 10.5 Å². The molecule has 2 rings (SSSR count). The Balaban J connectivity index is 1.91. The Morgan fingerprint density at radius 2 is 2.00 bits per heavy atom. The average molecular weight is 305 g/mol. The Morgan fingerprint density at radius 1 is 1.24 bits per heavy atom. The third-order valence-corrected chi connectivity index (χ3v) is 4.53. The Bertz CT molecular complexity index is 603. The summed E-state index contributed by atoms with van der Waals surface area (Å²) in [4.78, 5) is 0. The molecule has 0 fully saturated rings. The van der Waals surface area contributed by atoms with Crippen LogP contribution in [0.15, 0.2) is 42.5 Å². The maximum atomic E-state index is 13.7. The first-order valence-electron chi connectivity index (χ1n) is 6.83. The molecule has 0 aromatic heterocycles. The van der Waals surface area contributed by atoms with Crippen LogP contribution in [0.1, 0.15) is 22.7 Å². The summed E-state index contributed by atoms with van der Waals surface area (Å²) in [5.74, 6) is 1.55. The SMILES string of the molecule is COc1ccc(C(N)CSCc2ccccc2C)cc1F. The minimum absolute atomic E-state index is 0.181. The van der Waals surface area contributed by atoms with Crippen LogP contribution in [-0.4, -0.2) is 12.9 Å². The predicted molar refractivity (Wildman–Crippen MR) is 87.2 cm³/mol. The van der Waals surface area contributed by atoms with Gasteiger partial charge in [-0.1, -0.05) is 30.3 Å². The molecule has 0 aliphatic rings. The van der Waals surface area contributed by atoms with Gasteiger partial charge in [0.25, 0.3) is 0 Å². The number of ether oxygens (including phenoxy) is 1. The maximum absolute atomic E-state index is 13.7. The molecule has 2 aromatic carbocycles. The van der Waals surface area contributed by atoms with Crippen LogP contribution in [0.3, 0.4) is 0 Å². The van der Waals surface area contributed by atoms with Crippen LogP contribution >= 0.6 is 11.8 Å². The normalized spacial score (nSPS) is 12.2. The van der Waals surface area contributed by atoms with Crippen LogP contribution in [0.5, 0.6) is 5.75 Å². The number of hydrogen-bond donors (Lipinski definition) is 1. The number of rotatable bonds is 6. The van der Waals surface area contributed by atoms with Gasteiger partial charge in [-0.25, -0.2) is 4.39 Å². The maximum Gasteiger partial charge on any atom is 0.165 e. The standard InChI is InChI=1S/C17H20FNOS/c1-12-5-3-4-6-14(12)10-21-11-16(19)13-7-8-17(20-2)15(18)9-13/h3-9,16H,10-11,19H2,1-2H3. The van der Waals surface area contributed by atoms with E-state index in [-0.39, 0.29) is 17.6 Å². The minimum atomic E-state index is -0.366. The third kappa shape index (κ3) is 4.22. The molecular weight excluding hydrogens is 285 g/mol. The van der Waals surface area contributed by atoms with E-state index in [1.807, 2.05) is 18.2 Å². The summed E-state index contributed by atoms with van der Waals surface area (Å²) in [5, 5.41) is 0. The van der Waals surface area contributed by atoms with Crippen LogP contribution in [0.2, 0.25) is 0 Å². The van der Waals surface area contributed by atoms with Crippen molar-refractivity contribution in [1.29, 1.82) is 0 Å². The fraction of sp³-hybridized carbons (Fsp3) is 0.294. The van der Waals surface area contributed by atoms with Crippen LogP contribution in [-0.2, 0) is 5.75 Å². The quantitative estimate of drug-likeness (QED) is 0.873. The minimum Gasteiger partial charge on any atom is -0.494 e. The van der Waals surface area contributed by atoms with E-state index in [1.165, 1.54) is 24.3 Å². The highest BCUT2D eigenvalue weighted by molar-refractivity contribution is 7.98. The van der Waals surface area contributed by atoms with Crippen molar-refractivity contribution in [2.75, 3.05) is 12.9 Å². The molecular formula is C17H20FNOS. The molecule has 2 aromatic rings. The van der Waals surface area contributed by atoms with Gasteiger partial charge >= 0.3 is 0 Å². The molecule has 0 aliphatic heterocycles. The first kappa shape index (κ1) is 15.9. The van der Waals surface area contributed by atoms with Crippen molar-refractivity contribution in [3.05, 3.63) is 65.0 Å². The molecule has 0 radical (unpaired) electrons. The molecule has 1 atom stereocenters. The fourth-order valence-corrected chi connectivity index (χ4v) is 3.19. The van der Waals surface area contributed by atoms with E-state index in [9.17, 15) is 4.39 Å². The Hall–Kier alpha value is -1.52. The highest BCUT2D eigenvalue weighted by atomic mass is 32.2. The van der Waals surface area contributed by atoms with Gasteiger partial charge in [-0.2, -0.15) is 11.8 Å². The van der Waals surface area contributed by atoms with Crippen molar-refractivity contribution >= 4 is 11.8 Å². The molecule has 4 heteroatoms. The monoisotopic (exact) mass is 305 g/mol.